The average molecular weight is 253 g/mol. The van der Waals surface area contributed by atoms with E-state index in [-0.39, 0.29) is 22.6 Å². The maximum Gasteiger partial charge on any atom is 0.250 e. The Bertz CT molecular complexity index is 600. The molecule has 0 aliphatic heterocycles. The Morgan fingerprint density at radius 1 is 1.06 bits per heavy atom. The zero-order valence-corrected chi connectivity index (χ0v) is 9.47. The van der Waals surface area contributed by atoms with E-state index in [0.717, 1.165) is 0 Å². The Hall–Kier alpha value is -2.24. The summed E-state index contributed by atoms with van der Waals surface area (Å²) in [5.41, 5.74) is 10.7. The van der Waals surface area contributed by atoms with Gasteiger partial charge < -0.3 is 11.5 Å². The van der Waals surface area contributed by atoms with E-state index in [1.807, 2.05) is 0 Å². The third-order valence-electron chi connectivity index (χ3n) is 2.55. The number of aryl methyl sites for hydroxylation is 1. The molecular formula is C12H10F3N3. The molecule has 0 unspecified atom stereocenters. The minimum Gasteiger partial charge on any atom is -0.399 e. The van der Waals surface area contributed by atoms with Crippen LogP contribution in [0.1, 0.15) is 5.69 Å². The number of nitrogens with two attached hydrogens (primary N) is 2. The predicted molar refractivity (Wildman–Crippen MR) is 63.1 cm³/mol. The molecule has 0 bridgehead atoms. The van der Waals surface area contributed by atoms with Crippen molar-refractivity contribution in [2.45, 2.75) is 6.92 Å². The molecule has 0 aliphatic rings. The molecule has 0 saturated heterocycles. The van der Waals surface area contributed by atoms with Gasteiger partial charge in [0, 0.05) is 16.9 Å². The van der Waals surface area contributed by atoms with Crippen LogP contribution in [0.2, 0.25) is 0 Å². The van der Waals surface area contributed by atoms with Crippen LogP contribution < -0.4 is 11.5 Å². The quantitative estimate of drug-likeness (QED) is 0.606. The SMILES string of the molecule is Cc1nc(F)c(F)c(-c2cc(N)ccc2N)c1F. The summed E-state index contributed by atoms with van der Waals surface area (Å²) < 4.78 is 40.8. The van der Waals surface area contributed by atoms with Gasteiger partial charge in [0.2, 0.25) is 5.95 Å². The lowest BCUT2D eigenvalue weighted by molar-refractivity contribution is 0.463. The Morgan fingerprint density at radius 2 is 1.72 bits per heavy atom. The molecule has 0 saturated carbocycles. The minimum absolute atomic E-state index is 0.00870. The Labute approximate surface area is 101 Å². The summed E-state index contributed by atoms with van der Waals surface area (Å²) in [6.45, 7) is 1.24. The molecule has 1 aromatic heterocycles. The van der Waals surface area contributed by atoms with Gasteiger partial charge in [0.15, 0.2) is 11.6 Å². The summed E-state index contributed by atoms with van der Waals surface area (Å²) in [6.07, 6.45) is 0. The topological polar surface area (TPSA) is 64.9 Å². The molecule has 4 N–H and O–H groups in total. The molecule has 0 radical (unpaired) electrons. The number of nitrogen functional groups attached to an aromatic ring is 2. The van der Waals surface area contributed by atoms with E-state index < -0.39 is 23.1 Å². The number of rotatable bonds is 1. The molecule has 0 aliphatic carbocycles. The fourth-order valence-corrected chi connectivity index (χ4v) is 1.65. The predicted octanol–water partition coefficient (Wildman–Crippen LogP) is 2.64. The molecule has 1 heterocycles. The van der Waals surface area contributed by atoms with Crippen molar-refractivity contribution in [2.75, 3.05) is 11.5 Å². The number of hydrogen-bond acceptors (Lipinski definition) is 3. The van der Waals surface area contributed by atoms with Gasteiger partial charge in [0.25, 0.3) is 0 Å². The number of hydrogen-bond donors (Lipinski definition) is 2. The van der Waals surface area contributed by atoms with Gasteiger partial charge in [-0.1, -0.05) is 0 Å². The zero-order valence-electron chi connectivity index (χ0n) is 9.47. The van der Waals surface area contributed by atoms with Crippen LogP contribution >= 0.6 is 0 Å². The molecule has 6 heteroatoms. The van der Waals surface area contributed by atoms with E-state index in [9.17, 15) is 13.2 Å². The van der Waals surface area contributed by atoms with Gasteiger partial charge in [-0.25, -0.2) is 13.8 Å². The van der Waals surface area contributed by atoms with E-state index in [1.165, 1.54) is 25.1 Å². The monoisotopic (exact) mass is 253 g/mol. The van der Waals surface area contributed by atoms with Crippen molar-refractivity contribution < 1.29 is 13.2 Å². The van der Waals surface area contributed by atoms with Crippen molar-refractivity contribution >= 4 is 11.4 Å². The van der Waals surface area contributed by atoms with E-state index in [0.29, 0.717) is 0 Å². The summed E-state index contributed by atoms with van der Waals surface area (Å²) in [4.78, 5) is 3.12. The van der Waals surface area contributed by atoms with Gasteiger partial charge in [-0.2, -0.15) is 4.39 Å². The van der Waals surface area contributed by atoms with Crippen molar-refractivity contribution in [3.05, 3.63) is 41.5 Å². The lowest BCUT2D eigenvalue weighted by Gasteiger charge is -2.11. The molecule has 0 atom stereocenters. The fourth-order valence-electron chi connectivity index (χ4n) is 1.65. The number of nitrogens with zero attached hydrogens (tertiary/aromatic N) is 1. The highest BCUT2D eigenvalue weighted by molar-refractivity contribution is 5.80. The lowest BCUT2D eigenvalue weighted by Crippen LogP contribution is -2.04. The molecule has 2 rings (SSSR count). The standard InChI is InChI=1S/C12H10F3N3/c1-5-10(13)9(11(14)12(15)18-5)7-4-6(16)2-3-8(7)17/h2-4H,16-17H2,1H3. The zero-order chi connectivity index (χ0) is 13.4. The first-order chi connectivity index (χ1) is 8.41. The molecule has 1 aromatic carbocycles. The van der Waals surface area contributed by atoms with Crippen molar-refractivity contribution in [3.63, 3.8) is 0 Å². The first kappa shape index (κ1) is 12.2. The van der Waals surface area contributed by atoms with Crippen LogP contribution in [0, 0.1) is 24.5 Å². The molecular weight excluding hydrogens is 243 g/mol. The number of benzene rings is 1. The second-order valence-electron chi connectivity index (χ2n) is 3.84. The molecule has 0 fully saturated rings. The Morgan fingerprint density at radius 3 is 2.39 bits per heavy atom. The van der Waals surface area contributed by atoms with Crippen molar-refractivity contribution in [3.8, 4) is 11.1 Å². The fraction of sp³-hybridized carbons (Fsp3) is 0.0833. The number of halogens is 3. The van der Waals surface area contributed by atoms with Crippen LogP contribution in [0.4, 0.5) is 24.5 Å². The number of pyridine rings is 1. The summed E-state index contributed by atoms with van der Waals surface area (Å²) in [5.74, 6) is -3.70. The van der Waals surface area contributed by atoms with Gasteiger partial charge in [-0.15, -0.1) is 0 Å². The molecule has 0 amide bonds. The third-order valence-corrected chi connectivity index (χ3v) is 2.55. The van der Waals surface area contributed by atoms with E-state index in [1.54, 1.807) is 0 Å². The number of anilines is 2. The second-order valence-corrected chi connectivity index (χ2v) is 3.84. The van der Waals surface area contributed by atoms with E-state index in [4.69, 9.17) is 11.5 Å². The second kappa shape index (κ2) is 4.21. The van der Waals surface area contributed by atoms with Crippen LogP contribution in [0.25, 0.3) is 11.1 Å². The van der Waals surface area contributed by atoms with E-state index >= 15 is 0 Å². The van der Waals surface area contributed by atoms with Crippen molar-refractivity contribution in [1.82, 2.24) is 4.98 Å². The molecule has 2 aromatic rings. The lowest BCUT2D eigenvalue weighted by atomic mass is 10.0. The van der Waals surface area contributed by atoms with Crippen LogP contribution in [0.15, 0.2) is 18.2 Å². The normalized spacial score (nSPS) is 10.7. The minimum atomic E-state index is -1.38. The van der Waals surface area contributed by atoms with Gasteiger partial charge in [-0.05, 0) is 25.1 Å². The Balaban J connectivity index is 2.82. The first-order valence-corrected chi connectivity index (χ1v) is 5.08. The summed E-state index contributed by atoms with van der Waals surface area (Å²) in [6, 6.07) is 4.17. The highest BCUT2D eigenvalue weighted by Crippen LogP contribution is 2.33. The third kappa shape index (κ3) is 1.85. The Kier molecular flexibility index (Phi) is 2.86. The van der Waals surface area contributed by atoms with Crippen LogP contribution in [-0.2, 0) is 0 Å². The average Bonchev–Trinajstić information content (AvgIpc) is 2.31. The van der Waals surface area contributed by atoms with Crippen LogP contribution in [0.5, 0.6) is 0 Å². The van der Waals surface area contributed by atoms with Crippen molar-refractivity contribution in [1.29, 1.82) is 0 Å². The maximum absolute atomic E-state index is 13.9. The number of aromatic nitrogens is 1. The van der Waals surface area contributed by atoms with Gasteiger partial charge in [-0.3, -0.25) is 0 Å². The highest BCUT2D eigenvalue weighted by Gasteiger charge is 2.21. The van der Waals surface area contributed by atoms with Gasteiger partial charge in [0.05, 0.1) is 11.3 Å². The largest absolute Gasteiger partial charge is 0.399 e. The van der Waals surface area contributed by atoms with Crippen LogP contribution in [0.3, 0.4) is 0 Å². The summed E-state index contributed by atoms with van der Waals surface area (Å²) >= 11 is 0. The summed E-state index contributed by atoms with van der Waals surface area (Å²) in [5, 5.41) is 0. The van der Waals surface area contributed by atoms with E-state index in [2.05, 4.69) is 4.98 Å². The van der Waals surface area contributed by atoms with Gasteiger partial charge in [0.1, 0.15) is 0 Å². The highest BCUT2D eigenvalue weighted by atomic mass is 19.2. The molecule has 0 spiro atoms. The molecule has 94 valence electrons. The van der Waals surface area contributed by atoms with Gasteiger partial charge >= 0.3 is 0 Å². The van der Waals surface area contributed by atoms with Crippen molar-refractivity contribution in [2.24, 2.45) is 0 Å². The van der Waals surface area contributed by atoms with Crippen LogP contribution in [-0.4, -0.2) is 4.98 Å². The summed E-state index contributed by atoms with van der Waals surface area (Å²) in [7, 11) is 0. The maximum atomic E-state index is 13.9. The first-order valence-electron chi connectivity index (χ1n) is 5.08. The molecule has 3 nitrogen and oxygen atoms in total. The molecule has 18 heavy (non-hydrogen) atoms. The smallest absolute Gasteiger partial charge is 0.250 e.